The molecule has 7 heteroatoms. The van der Waals surface area contributed by atoms with Crippen molar-refractivity contribution in [2.75, 3.05) is 13.7 Å². The van der Waals surface area contributed by atoms with Gasteiger partial charge in [0, 0.05) is 0 Å². The van der Waals surface area contributed by atoms with E-state index in [-0.39, 0.29) is 43.8 Å². The van der Waals surface area contributed by atoms with Gasteiger partial charge in [0.25, 0.3) is 0 Å². The van der Waals surface area contributed by atoms with Crippen molar-refractivity contribution in [1.82, 2.24) is 0 Å². The number of esters is 2. The van der Waals surface area contributed by atoms with Crippen LogP contribution >= 0.6 is 0 Å². The van der Waals surface area contributed by atoms with E-state index in [1.807, 2.05) is 0 Å². The van der Waals surface area contributed by atoms with E-state index in [2.05, 4.69) is 16.1 Å². The molecule has 0 fully saturated rings. The van der Waals surface area contributed by atoms with Crippen LogP contribution in [0.5, 0.6) is 0 Å². The third kappa shape index (κ3) is 9.05. The smallest absolute Gasteiger partial charge is 1.00 e. The fourth-order valence-electron chi connectivity index (χ4n) is 0.768. The third-order valence-corrected chi connectivity index (χ3v) is 1.69. The van der Waals surface area contributed by atoms with Crippen LogP contribution in [0.4, 0.5) is 0 Å². The molecular weight excluding hydrogens is 239 g/mol. The van der Waals surface area contributed by atoms with Gasteiger partial charge in [0.1, 0.15) is 6.61 Å². The van der Waals surface area contributed by atoms with Crippen molar-refractivity contribution < 1.29 is 59.9 Å². The van der Waals surface area contributed by atoms with Gasteiger partial charge in [-0.1, -0.05) is 6.58 Å². The van der Waals surface area contributed by atoms with Crippen molar-refractivity contribution in [2.45, 2.75) is 18.9 Å². The minimum Gasteiger partial charge on any atom is -1.00 e. The SMILES string of the molecule is C=CC(=O)C(O)COC(=O)CCC(=O)OC.[H-].[Na+]. The zero-order valence-corrected chi connectivity index (χ0v) is 12.0. The maximum absolute atomic E-state index is 11.0. The first kappa shape index (κ1) is 18.7. The Bertz CT molecular complexity index is 294. The van der Waals surface area contributed by atoms with Crippen LogP contribution in [0, 0.1) is 0 Å². The van der Waals surface area contributed by atoms with E-state index in [4.69, 9.17) is 5.11 Å². The average molecular weight is 254 g/mol. The van der Waals surface area contributed by atoms with Crippen LogP contribution in [0.15, 0.2) is 12.7 Å². The molecule has 1 atom stereocenters. The van der Waals surface area contributed by atoms with E-state index in [1.54, 1.807) is 0 Å². The summed E-state index contributed by atoms with van der Waals surface area (Å²) in [5.74, 6) is -1.83. The third-order valence-electron chi connectivity index (χ3n) is 1.69. The summed E-state index contributed by atoms with van der Waals surface area (Å²) in [6.07, 6.45) is -0.713. The van der Waals surface area contributed by atoms with Gasteiger partial charge >= 0.3 is 41.5 Å². The summed E-state index contributed by atoms with van der Waals surface area (Å²) in [5, 5.41) is 9.10. The molecule has 0 aromatic heterocycles. The first-order chi connectivity index (χ1) is 7.51. The number of methoxy groups -OCH3 is 1. The number of hydrogen-bond acceptors (Lipinski definition) is 6. The predicted molar refractivity (Wildman–Crippen MR) is 54.5 cm³/mol. The largest absolute Gasteiger partial charge is 1.00 e. The number of hydrogen-bond donors (Lipinski definition) is 1. The maximum atomic E-state index is 11.0. The fourth-order valence-corrected chi connectivity index (χ4v) is 0.768. The van der Waals surface area contributed by atoms with Crippen molar-refractivity contribution in [3.05, 3.63) is 12.7 Å². The molecule has 0 aromatic rings. The summed E-state index contributed by atoms with van der Waals surface area (Å²) < 4.78 is 8.87. The molecule has 92 valence electrons. The second kappa shape index (κ2) is 10.5. The van der Waals surface area contributed by atoms with Gasteiger partial charge in [-0.15, -0.1) is 0 Å². The molecule has 0 radical (unpaired) electrons. The zero-order valence-electron chi connectivity index (χ0n) is 11.0. The summed E-state index contributed by atoms with van der Waals surface area (Å²) in [7, 11) is 1.21. The molecule has 0 heterocycles. The maximum Gasteiger partial charge on any atom is 1.00 e. The van der Waals surface area contributed by atoms with Crippen LogP contribution in [0.2, 0.25) is 0 Å². The Balaban J connectivity index is -0.00000112. The molecule has 0 aliphatic rings. The second-order valence-electron chi connectivity index (χ2n) is 2.88. The van der Waals surface area contributed by atoms with E-state index in [9.17, 15) is 14.4 Å². The molecule has 0 aliphatic carbocycles. The Morgan fingerprint density at radius 3 is 2.35 bits per heavy atom. The minimum atomic E-state index is -1.40. The number of rotatable bonds is 7. The Hall–Kier alpha value is -0.690. The Morgan fingerprint density at radius 2 is 1.88 bits per heavy atom. The molecule has 0 spiro atoms. The zero-order chi connectivity index (χ0) is 12.6. The summed E-state index contributed by atoms with van der Waals surface area (Å²) in [4.78, 5) is 32.5. The van der Waals surface area contributed by atoms with Crippen LogP contribution in [0.3, 0.4) is 0 Å². The molecule has 0 saturated heterocycles. The van der Waals surface area contributed by atoms with Gasteiger partial charge in [0.2, 0.25) is 0 Å². The van der Waals surface area contributed by atoms with E-state index in [0.717, 1.165) is 6.08 Å². The quantitative estimate of drug-likeness (QED) is 0.291. The molecular formula is C10H15NaO6. The summed E-state index contributed by atoms with van der Waals surface area (Å²) in [6.45, 7) is 2.73. The van der Waals surface area contributed by atoms with Crippen molar-refractivity contribution in [3.63, 3.8) is 0 Å². The minimum absolute atomic E-state index is 0. The number of carbonyl (C=O) groups is 3. The first-order valence-electron chi connectivity index (χ1n) is 4.58. The second-order valence-corrected chi connectivity index (χ2v) is 2.88. The van der Waals surface area contributed by atoms with Crippen molar-refractivity contribution in [3.8, 4) is 0 Å². The standard InChI is InChI=1S/C10H14O6.Na.H/c1-3-7(11)8(12)6-16-10(14)5-4-9(13)15-2;;/h3,8,12H,1,4-6H2,2H3;;/q;+1;-1. The number of ketones is 1. The molecule has 17 heavy (non-hydrogen) atoms. The van der Waals surface area contributed by atoms with E-state index in [1.165, 1.54) is 7.11 Å². The molecule has 0 aromatic carbocycles. The predicted octanol–water partition coefficient (Wildman–Crippen LogP) is -3.28. The van der Waals surface area contributed by atoms with Gasteiger partial charge in [-0.25, -0.2) is 0 Å². The monoisotopic (exact) mass is 254 g/mol. The normalized spacial score (nSPS) is 10.7. The first-order valence-corrected chi connectivity index (χ1v) is 4.58. The molecule has 1 unspecified atom stereocenters. The molecule has 6 nitrogen and oxygen atoms in total. The van der Waals surface area contributed by atoms with Gasteiger partial charge in [-0.05, 0) is 6.08 Å². The Kier molecular flexibility index (Phi) is 11.5. The molecule has 0 aliphatic heterocycles. The number of aliphatic hydroxyl groups excluding tert-OH is 1. The summed E-state index contributed by atoms with van der Waals surface area (Å²) >= 11 is 0. The Labute approximate surface area is 123 Å². The number of carbonyl (C=O) groups excluding carboxylic acids is 3. The number of aliphatic hydroxyl groups is 1. The van der Waals surface area contributed by atoms with Crippen molar-refractivity contribution in [1.29, 1.82) is 0 Å². The molecule has 0 amide bonds. The van der Waals surface area contributed by atoms with E-state index < -0.39 is 30.4 Å². The van der Waals surface area contributed by atoms with E-state index in [0.29, 0.717) is 0 Å². The van der Waals surface area contributed by atoms with E-state index >= 15 is 0 Å². The molecule has 0 rings (SSSR count). The van der Waals surface area contributed by atoms with Crippen LogP contribution < -0.4 is 29.6 Å². The Morgan fingerprint density at radius 1 is 1.35 bits per heavy atom. The van der Waals surface area contributed by atoms with Crippen molar-refractivity contribution in [2.24, 2.45) is 0 Å². The van der Waals surface area contributed by atoms with Crippen LogP contribution in [0.1, 0.15) is 14.3 Å². The van der Waals surface area contributed by atoms with Gasteiger partial charge in [0.05, 0.1) is 20.0 Å². The molecule has 1 N–H and O–H groups in total. The molecule has 0 bridgehead atoms. The van der Waals surface area contributed by atoms with Crippen LogP contribution in [0.25, 0.3) is 0 Å². The van der Waals surface area contributed by atoms with Gasteiger partial charge in [0.15, 0.2) is 11.9 Å². The van der Waals surface area contributed by atoms with Gasteiger partial charge in [-0.3, -0.25) is 14.4 Å². The van der Waals surface area contributed by atoms with Gasteiger partial charge in [-0.2, -0.15) is 0 Å². The molecule has 0 saturated carbocycles. The van der Waals surface area contributed by atoms with Crippen LogP contribution in [-0.4, -0.2) is 42.6 Å². The van der Waals surface area contributed by atoms with Crippen molar-refractivity contribution >= 4 is 17.7 Å². The van der Waals surface area contributed by atoms with Crippen LogP contribution in [-0.2, 0) is 23.9 Å². The van der Waals surface area contributed by atoms with Gasteiger partial charge < -0.3 is 16.0 Å². The summed E-state index contributed by atoms with van der Waals surface area (Å²) in [6, 6.07) is 0. The number of ether oxygens (including phenoxy) is 2. The summed E-state index contributed by atoms with van der Waals surface area (Å²) in [5.41, 5.74) is 0. The fraction of sp³-hybridized carbons (Fsp3) is 0.500. The average Bonchev–Trinajstić information content (AvgIpc) is 2.31. The topological polar surface area (TPSA) is 89.9 Å².